The monoisotopic (exact) mass is 1120 g/mol. The molecular weight excluding hydrogens is 1040 g/mol. The van der Waals surface area contributed by atoms with Crippen LogP contribution in [0.3, 0.4) is 0 Å². The van der Waals surface area contributed by atoms with E-state index in [2.05, 4.69) is 30.7 Å². The van der Waals surface area contributed by atoms with Crippen molar-refractivity contribution in [3.8, 4) is 0 Å². The Labute approximate surface area is 462 Å². The summed E-state index contributed by atoms with van der Waals surface area (Å²) >= 11 is 0. The summed E-state index contributed by atoms with van der Waals surface area (Å²) in [4.78, 5) is 88.5. The van der Waals surface area contributed by atoms with Crippen LogP contribution in [0.1, 0.15) is 92.2 Å². The second-order valence-electron chi connectivity index (χ2n) is 22.6. The largest absolute Gasteiger partial charge is 0.342 e. The highest BCUT2D eigenvalue weighted by Crippen LogP contribution is 2.29. The van der Waals surface area contributed by atoms with Gasteiger partial charge in [-0.05, 0) is 107 Å². The molecule has 0 spiro atoms. The van der Waals surface area contributed by atoms with Crippen molar-refractivity contribution in [1.82, 2.24) is 50.3 Å². The van der Waals surface area contributed by atoms with Gasteiger partial charge in [-0.1, -0.05) is 108 Å². The maximum atomic E-state index is 14.3. The van der Waals surface area contributed by atoms with Crippen molar-refractivity contribution in [3.05, 3.63) is 96.1 Å². The molecule has 22 heteroatoms. The molecule has 78 heavy (non-hydrogen) atoms. The number of carbonyl (C=O) groups is 6. The van der Waals surface area contributed by atoms with Gasteiger partial charge in [-0.2, -0.15) is 0 Å². The average molecular weight is 1120 g/mol. The van der Waals surface area contributed by atoms with Crippen LogP contribution < -0.4 is 30.7 Å². The van der Waals surface area contributed by atoms with E-state index in [-0.39, 0.29) is 49.8 Å². The van der Waals surface area contributed by atoms with Gasteiger partial charge < -0.3 is 40.9 Å². The first-order chi connectivity index (χ1) is 36.7. The van der Waals surface area contributed by atoms with Gasteiger partial charge in [0, 0.05) is 51.4 Å². The average Bonchev–Trinajstić information content (AvgIpc) is 4.09. The fraction of sp³-hybridized carbons (Fsp3) is 0.571. The molecule has 2 fully saturated rings. The van der Waals surface area contributed by atoms with Crippen molar-refractivity contribution in [2.24, 2.45) is 10.8 Å². The first-order valence-electron chi connectivity index (χ1n) is 27.0. The first-order valence-corrected chi connectivity index (χ1v) is 29.9. The molecule has 3 aromatic carbocycles. The molecule has 6 amide bonds. The van der Waals surface area contributed by atoms with E-state index in [1.54, 1.807) is 37.7 Å². The van der Waals surface area contributed by atoms with Gasteiger partial charge in [-0.3, -0.25) is 28.8 Å². The Morgan fingerprint density at radius 1 is 0.564 bits per heavy atom. The number of likely N-dealkylation sites (tertiary alicyclic amines) is 2. The summed E-state index contributed by atoms with van der Waals surface area (Å²) in [5, 5.41) is 11.6. The van der Waals surface area contributed by atoms with Crippen LogP contribution in [0.5, 0.6) is 0 Å². The Hall–Kier alpha value is -5.78. The van der Waals surface area contributed by atoms with Crippen LogP contribution >= 0.6 is 0 Å². The third-order valence-electron chi connectivity index (χ3n) is 14.6. The molecular formula is C56H84N10O10S2. The number of nitrogens with zero attached hydrogens (tertiary/aromatic N) is 4. The molecule has 430 valence electrons. The van der Waals surface area contributed by atoms with Crippen molar-refractivity contribution < 1.29 is 45.6 Å². The van der Waals surface area contributed by atoms with E-state index in [1.165, 1.54) is 28.0 Å². The molecule has 0 unspecified atom stereocenters. The molecule has 6 N–H and O–H groups in total. The van der Waals surface area contributed by atoms with Crippen LogP contribution in [0.4, 0.5) is 0 Å². The standard InChI is InChI=1S/C56H84N10O10S2/c1-39(57-9)51(69)61-49(55(3,4)5)53(71)65-30-18-24-43(65)37-63(32-28-41-20-13-11-14-21-41)47(67)35-59-77(73,74)45-26-17-27-46(34-45)78(75,76)60-36-48(68)64(33-29-42-22-15-12-16-23-42)38-44-25-19-31-66(44)54(72)50(56(6,7)8)62-52(70)40(2)58-10/h11-17,20-23,26-27,34,39-40,43-44,49-50,57-60H,18-19,24-25,28-33,35-38H2,1-10H3,(H,61,69)(H,62,70)/t39-,40-,43-,44-,49+,50+/m0/s1. The molecule has 0 aromatic heterocycles. The number of benzene rings is 3. The smallest absolute Gasteiger partial charge is 0.246 e. The van der Waals surface area contributed by atoms with E-state index in [0.29, 0.717) is 51.6 Å². The third kappa shape index (κ3) is 17.6. The van der Waals surface area contributed by atoms with Crippen LogP contribution in [-0.2, 0) is 61.7 Å². The topological polar surface area (TPSA) is 256 Å². The molecule has 0 radical (unpaired) electrons. The second-order valence-corrected chi connectivity index (χ2v) is 26.1. The van der Waals surface area contributed by atoms with E-state index >= 15 is 0 Å². The Morgan fingerprint density at radius 2 is 0.923 bits per heavy atom. The minimum atomic E-state index is -4.50. The minimum Gasteiger partial charge on any atom is -0.342 e. The summed E-state index contributed by atoms with van der Waals surface area (Å²) in [5.41, 5.74) is 0.598. The molecule has 6 atom stereocenters. The quantitative estimate of drug-likeness (QED) is 0.0679. The Balaban J connectivity index is 1.29. The molecule has 5 rings (SSSR count). The van der Waals surface area contributed by atoms with Crippen LogP contribution in [-0.4, -0.2) is 175 Å². The van der Waals surface area contributed by atoms with Crippen molar-refractivity contribution >= 4 is 55.5 Å². The van der Waals surface area contributed by atoms with E-state index in [0.717, 1.165) is 17.2 Å². The Bertz CT molecular complexity index is 2570. The van der Waals surface area contributed by atoms with Gasteiger partial charge in [0.1, 0.15) is 12.1 Å². The van der Waals surface area contributed by atoms with Crippen LogP contribution in [0.15, 0.2) is 94.7 Å². The number of nitrogens with one attached hydrogen (secondary N) is 6. The summed E-state index contributed by atoms with van der Waals surface area (Å²) in [7, 11) is -5.69. The molecule has 2 saturated heterocycles. The summed E-state index contributed by atoms with van der Waals surface area (Å²) < 4.78 is 60.3. The Kier molecular flexibility index (Phi) is 22.5. The Morgan fingerprint density at radius 3 is 1.26 bits per heavy atom. The number of amides is 6. The zero-order valence-corrected chi connectivity index (χ0v) is 48.8. The van der Waals surface area contributed by atoms with Crippen molar-refractivity contribution in [1.29, 1.82) is 0 Å². The highest BCUT2D eigenvalue weighted by molar-refractivity contribution is 7.90. The SMILES string of the molecule is CN[C@@H](C)C(=O)N[C@H](C(=O)N1CCC[C@H]1CN(CCc1ccccc1)C(=O)CNS(=O)(=O)c1cccc(S(=O)(=O)NCC(=O)N(CCc2ccccc2)C[C@@H]2CCCN2C(=O)[C@@H](NC(=O)[C@H](C)NC)C(C)(C)C)c1)C(C)(C)C. The highest BCUT2D eigenvalue weighted by Gasteiger charge is 2.43. The van der Waals surface area contributed by atoms with Crippen molar-refractivity contribution in [3.63, 3.8) is 0 Å². The molecule has 2 aliphatic heterocycles. The van der Waals surface area contributed by atoms with Gasteiger partial charge in [-0.25, -0.2) is 26.3 Å². The van der Waals surface area contributed by atoms with Gasteiger partial charge >= 0.3 is 0 Å². The zero-order valence-electron chi connectivity index (χ0n) is 47.1. The van der Waals surface area contributed by atoms with Gasteiger partial charge in [0.2, 0.25) is 55.5 Å². The van der Waals surface area contributed by atoms with Gasteiger partial charge in [0.25, 0.3) is 0 Å². The number of likely N-dealkylation sites (N-methyl/N-ethyl adjacent to an activating group) is 2. The second kappa shape index (κ2) is 27.9. The van der Waals surface area contributed by atoms with Gasteiger partial charge in [0.05, 0.1) is 35.0 Å². The normalized spacial score (nSPS) is 17.7. The number of rotatable bonds is 26. The van der Waals surface area contributed by atoms with Crippen molar-refractivity contribution in [2.45, 2.75) is 140 Å². The zero-order chi connectivity index (χ0) is 57.6. The summed E-state index contributed by atoms with van der Waals surface area (Å²) in [6.07, 6.45) is 3.36. The van der Waals surface area contributed by atoms with Crippen LogP contribution in [0.25, 0.3) is 0 Å². The number of hydrogen-bond acceptors (Lipinski definition) is 12. The first kappa shape index (κ1) is 63.1. The molecule has 2 heterocycles. The van der Waals surface area contributed by atoms with Gasteiger partial charge in [-0.15, -0.1) is 0 Å². The summed E-state index contributed by atoms with van der Waals surface area (Å²) in [5.74, 6) is -2.33. The molecule has 3 aromatic rings. The third-order valence-corrected chi connectivity index (χ3v) is 17.4. The number of carbonyl (C=O) groups excluding carboxylic acids is 6. The summed E-state index contributed by atoms with van der Waals surface area (Å²) in [6.45, 7) is 14.7. The highest BCUT2D eigenvalue weighted by atomic mass is 32.2. The fourth-order valence-corrected chi connectivity index (χ4v) is 11.6. The lowest BCUT2D eigenvalue weighted by Crippen LogP contribution is -2.59. The van der Waals surface area contributed by atoms with Gasteiger partial charge in [0.15, 0.2) is 0 Å². The van der Waals surface area contributed by atoms with Crippen molar-refractivity contribution in [2.75, 3.05) is 66.5 Å². The van der Waals surface area contributed by atoms with E-state index in [9.17, 15) is 45.6 Å². The molecule has 0 aliphatic carbocycles. The van der Waals surface area contributed by atoms with E-state index in [1.807, 2.05) is 102 Å². The van der Waals surface area contributed by atoms with Crippen LogP contribution in [0.2, 0.25) is 0 Å². The van der Waals surface area contributed by atoms with Crippen LogP contribution in [0, 0.1) is 10.8 Å². The number of hydrogen-bond donors (Lipinski definition) is 6. The van der Waals surface area contributed by atoms with E-state index < -0.39 is 102 Å². The molecule has 20 nitrogen and oxygen atoms in total. The summed E-state index contributed by atoms with van der Waals surface area (Å²) in [6, 6.07) is 19.9. The lowest BCUT2D eigenvalue weighted by Gasteiger charge is -2.37. The van der Waals surface area contributed by atoms with E-state index in [4.69, 9.17) is 0 Å². The minimum absolute atomic E-state index is 0.101. The lowest BCUT2D eigenvalue weighted by atomic mass is 9.85. The molecule has 0 saturated carbocycles. The maximum Gasteiger partial charge on any atom is 0.246 e. The maximum absolute atomic E-state index is 14.3. The lowest BCUT2D eigenvalue weighted by molar-refractivity contribution is -0.142. The predicted octanol–water partition coefficient (Wildman–Crippen LogP) is 2.65. The predicted molar refractivity (Wildman–Crippen MR) is 300 cm³/mol. The molecule has 2 aliphatic rings. The fourth-order valence-electron chi connectivity index (χ4n) is 9.53. The molecule has 0 bridgehead atoms. The number of sulfonamides is 2.